The molecule has 2 heterocycles. The van der Waals surface area contributed by atoms with Crippen molar-refractivity contribution in [1.82, 2.24) is 25.6 Å². The molecule has 0 radical (unpaired) electrons. The van der Waals surface area contributed by atoms with Crippen LogP contribution in [0.3, 0.4) is 0 Å². The number of carbonyl (C=O) groups is 2. The van der Waals surface area contributed by atoms with Gasteiger partial charge in [-0.2, -0.15) is 28.6 Å². The minimum Gasteiger partial charge on any atom is -0.475 e. The van der Waals surface area contributed by atoms with Gasteiger partial charge in [0.1, 0.15) is 11.0 Å². The van der Waals surface area contributed by atoms with E-state index in [2.05, 4.69) is 56.8 Å². The maximum Gasteiger partial charge on any atom is 0.490 e. The molecule has 1 aliphatic heterocycles. The number of hydrogen-bond acceptors (Lipinski definition) is 5. The molecule has 0 aliphatic carbocycles. The van der Waals surface area contributed by atoms with Crippen LogP contribution in [0.15, 0.2) is 42.5 Å². The molecule has 2 aromatic carbocycles. The second-order valence-corrected chi connectivity index (χ2v) is 7.77. The van der Waals surface area contributed by atoms with Crippen molar-refractivity contribution in [2.45, 2.75) is 38.5 Å². The maximum atomic E-state index is 12.3. The second-order valence-electron chi connectivity index (χ2n) is 7.77. The number of alkyl halides is 3. The lowest BCUT2D eigenvalue weighted by Crippen LogP contribution is -2.44. The highest BCUT2D eigenvalue weighted by molar-refractivity contribution is 5.81. The van der Waals surface area contributed by atoms with E-state index in [0.717, 1.165) is 36.1 Å². The molecule has 1 aliphatic rings. The molecular formula is C22H24F3N5O3. The number of aliphatic carboxylic acids is 1. The fourth-order valence-corrected chi connectivity index (χ4v) is 3.53. The lowest BCUT2D eigenvalue weighted by Gasteiger charge is -2.33. The summed E-state index contributed by atoms with van der Waals surface area (Å²) in [5.74, 6) is -2.72. The number of halogens is 3. The summed E-state index contributed by atoms with van der Waals surface area (Å²) in [6.45, 7) is 4.83. The molecular weight excluding hydrogens is 439 g/mol. The van der Waals surface area contributed by atoms with Gasteiger partial charge in [-0.15, -0.1) is 0 Å². The summed E-state index contributed by atoms with van der Waals surface area (Å²) in [6.07, 6.45) is -3.65. The first-order valence-electron chi connectivity index (χ1n) is 10.3. The molecule has 4 rings (SSSR count). The molecule has 3 aromatic rings. The lowest BCUT2D eigenvalue weighted by atomic mass is 9.99. The van der Waals surface area contributed by atoms with Gasteiger partial charge in [0.05, 0.1) is 6.42 Å². The number of fused-ring (bicyclic) bond motifs is 2. The Kier molecular flexibility index (Phi) is 7.64. The Bertz CT molecular complexity index is 1120. The first-order valence-corrected chi connectivity index (χ1v) is 10.3. The first kappa shape index (κ1) is 24.2. The number of H-pyrrole nitrogens is 1. The molecule has 0 fully saturated rings. The van der Waals surface area contributed by atoms with Gasteiger partial charge in [-0.05, 0) is 42.2 Å². The predicted molar refractivity (Wildman–Crippen MR) is 114 cm³/mol. The zero-order chi connectivity index (χ0) is 24.0. The largest absolute Gasteiger partial charge is 0.490 e. The standard InChI is InChI=1S/C20H23N5O.C2HF3O2/c1-14(25-9-8-16-4-2-3-5-17(16)13-25)12-21-20(26)11-15-6-7-18-19(10-15)23-24-22-18;3-2(4,5)1(6)7/h2-7,10,14H,8-9,11-13H2,1H3,(H,21,26)(H,22,23,24);(H,6,7). The summed E-state index contributed by atoms with van der Waals surface area (Å²) in [5.41, 5.74) is 5.40. The molecule has 0 spiro atoms. The highest BCUT2D eigenvalue weighted by Gasteiger charge is 2.38. The highest BCUT2D eigenvalue weighted by Crippen LogP contribution is 2.20. The average Bonchev–Trinajstić information content (AvgIpc) is 3.25. The van der Waals surface area contributed by atoms with E-state index in [4.69, 9.17) is 9.90 Å². The number of carboxylic acids is 1. The fraction of sp³-hybridized carbons (Fsp3) is 0.364. The van der Waals surface area contributed by atoms with Crippen LogP contribution in [0.4, 0.5) is 13.2 Å². The quantitative estimate of drug-likeness (QED) is 0.537. The van der Waals surface area contributed by atoms with Crippen molar-refractivity contribution >= 4 is 22.9 Å². The number of nitrogens with zero attached hydrogens (tertiary/aromatic N) is 3. The zero-order valence-corrected chi connectivity index (χ0v) is 17.9. The molecule has 0 saturated heterocycles. The molecule has 176 valence electrons. The summed E-state index contributed by atoms with van der Waals surface area (Å²) >= 11 is 0. The van der Waals surface area contributed by atoms with Crippen molar-refractivity contribution < 1.29 is 27.9 Å². The summed E-state index contributed by atoms with van der Waals surface area (Å²) in [7, 11) is 0. The molecule has 1 unspecified atom stereocenters. The van der Waals surface area contributed by atoms with Gasteiger partial charge in [0, 0.05) is 25.7 Å². The van der Waals surface area contributed by atoms with E-state index in [1.807, 2.05) is 18.2 Å². The normalized spacial score (nSPS) is 14.7. The van der Waals surface area contributed by atoms with E-state index >= 15 is 0 Å². The van der Waals surface area contributed by atoms with Crippen LogP contribution in [-0.4, -0.2) is 62.6 Å². The molecule has 3 N–H and O–H groups in total. The maximum absolute atomic E-state index is 12.3. The van der Waals surface area contributed by atoms with Crippen LogP contribution in [0.5, 0.6) is 0 Å². The Morgan fingerprint density at radius 1 is 1.15 bits per heavy atom. The van der Waals surface area contributed by atoms with E-state index < -0.39 is 12.1 Å². The molecule has 8 nitrogen and oxygen atoms in total. The van der Waals surface area contributed by atoms with Crippen LogP contribution < -0.4 is 5.32 Å². The van der Waals surface area contributed by atoms with Gasteiger partial charge in [-0.1, -0.05) is 30.3 Å². The van der Waals surface area contributed by atoms with Gasteiger partial charge < -0.3 is 10.4 Å². The van der Waals surface area contributed by atoms with Crippen LogP contribution in [0.2, 0.25) is 0 Å². The summed E-state index contributed by atoms with van der Waals surface area (Å²) in [6, 6.07) is 14.6. The fourth-order valence-electron chi connectivity index (χ4n) is 3.53. The van der Waals surface area contributed by atoms with Gasteiger partial charge in [0.25, 0.3) is 0 Å². The van der Waals surface area contributed by atoms with E-state index in [-0.39, 0.29) is 5.91 Å². The van der Waals surface area contributed by atoms with Crippen molar-refractivity contribution in [2.24, 2.45) is 0 Å². The van der Waals surface area contributed by atoms with Crippen LogP contribution in [0.1, 0.15) is 23.6 Å². The Hall–Kier alpha value is -3.47. The zero-order valence-electron chi connectivity index (χ0n) is 17.9. The SMILES string of the molecule is CC(CNC(=O)Cc1ccc2n[nH]nc2c1)N1CCc2ccccc2C1.O=C(O)C(F)(F)F. The van der Waals surface area contributed by atoms with Gasteiger partial charge in [-0.25, -0.2) is 4.79 Å². The predicted octanol–water partition coefficient (Wildman–Crippen LogP) is 2.70. The van der Waals surface area contributed by atoms with Crippen molar-refractivity contribution in [2.75, 3.05) is 13.1 Å². The van der Waals surface area contributed by atoms with Gasteiger partial charge in [-0.3, -0.25) is 9.69 Å². The number of benzene rings is 2. The highest BCUT2D eigenvalue weighted by atomic mass is 19.4. The van der Waals surface area contributed by atoms with Crippen LogP contribution in [0.25, 0.3) is 11.0 Å². The first-order chi connectivity index (χ1) is 15.6. The van der Waals surface area contributed by atoms with Gasteiger partial charge >= 0.3 is 12.1 Å². The van der Waals surface area contributed by atoms with E-state index in [9.17, 15) is 18.0 Å². The van der Waals surface area contributed by atoms with Crippen molar-refractivity contribution in [1.29, 1.82) is 0 Å². The molecule has 33 heavy (non-hydrogen) atoms. The number of rotatable bonds is 5. The van der Waals surface area contributed by atoms with E-state index in [0.29, 0.717) is 19.0 Å². The summed E-state index contributed by atoms with van der Waals surface area (Å²) in [5, 5.41) is 20.9. The van der Waals surface area contributed by atoms with E-state index in [1.54, 1.807) is 0 Å². The lowest BCUT2D eigenvalue weighted by molar-refractivity contribution is -0.192. The van der Waals surface area contributed by atoms with Gasteiger partial charge in [0.2, 0.25) is 5.91 Å². The Morgan fingerprint density at radius 2 is 1.82 bits per heavy atom. The number of amides is 1. The molecule has 1 aromatic heterocycles. The third-order valence-electron chi connectivity index (χ3n) is 5.37. The Balaban J connectivity index is 0.000000383. The summed E-state index contributed by atoms with van der Waals surface area (Å²) < 4.78 is 31.7. The molecule has 0 bridgehead atoms. The molecule has 1 atom stereocenters. The number of carboxylic acid groups (broad SMARTS) is 1. The van der Waals surface area contributed by atoms with Crippen molar-refractivity contribution in [3.63, 3.8) is 0 Å². The third-order valence-corrected chi connectivity index (χ3v) is 5.37. The van der Waals surface area contributed by atoms with Crippen molar-refractivity contribution in [3.05, 3.63) is 59.2 Å². The summed E-state index contributed by atoms with van der Waals surface area (Å²) in [4.78, 5) is 23.6. The number of aromatic nitrogens is 3. The van der Waals surface area contributed by atoms with Crippen LogP contribution in [-0.2, 0) is 29.0 Å². The Labute approximate surface area is 187 Å². The minimum absolute atomic E-state index is 0.0390. The Morgan fingerprint density at radius 3 is 2.52 bits per heavy atom. The smallest absolute Gasteiger partial charge is 0.475 e. The van der Waals surface area contributed by atoms with Crippen LogP contribution >= 0.6 is 0 Å². The third kappa shape index (κ3) is 6.75. The number of carbonyl (C=O) groups excluding carboxylic acids is 1. The monoisotopic (exact) mass is 463 g/mol. The van der Waals surface area contributed by atoms with E-state index in [1.165, 1.54) is 11.1 Å². The topological polar surface area (TPSA) is 111 Å². The number of nitrogens with one attached hydrogen (secondary N) is 2. The van der Waals surface area contributed by atoms with Crippen molar-refractivity contribution in [3.8, 4) is 0 Å². The van der Waals surface area contributed by atoms with Gasteiger partial charge in [0.15, 0.2) is 0 Å². The molecule has 11 heteroatoms. The second kappa shape index (κ2) is 10.4. The number of aromatic amines is 1. The van der Waals surface area contributed by atoms with Crippen LogP contribution in [0, 0.1) is 0 Å². The number of hydrogen-bond donors (Lipinski definition) is 3. The minimum atomic E-state index is -5.08. The average molecular weight is 463 g/mol. The molecule has 0 saturated carbocycles. The molecule has 1 amide bonds.